The van der Waals surface area contributed by atoms with E-state index in [0.717, 1.165) is 16.7 Å². The summed E-state index contributed by atoms with van der Waals surface area (Å²) in [4.78, 5) is 24.6. The van der Waals surface area contributed by atoms with E-state index in [1.54, 1.807) is 24.3 Å². The number of fused-ring (bicyclic) bond motifs is 3. The molecule has 1 aliphatic carbocycles. The van der Waals surface area contributed by atoms with Crippen LogP contribution in [0.1, 0.15) is 39.0 Å². The number of carbonyl (C=O) groups is 2. The lowest BCUT2D eigenvalue weighted by atomic mass is 9.65. The molecular formula is C28H25NO9. The number of aromatic carboxylic acids is 1. The monoisotopic (exact) mass is 519 g/mol. The van der Waals surface area contributed by atoms with E-state index < -0.39 is 17.8 Å². The molecule has 0 radical (unpaired) electrons. The largest absolute Gasteiger partial charge is 0.502 e. The van der Waals surface area contributed by atoms with Crippen LogP contribution in [-0.4, -0.2) is 49.8 Å². The average molecular weight is 520 g/mol. The molecule has 4 atom stereocenters. The molecular weight excluding hydrogens is 494 g/mol. The maximum Gasteiger partial charge on any atom is 0.335 e. The van der Waals surface area contributed by atoms with Crippen LogP contribution < -0.4 is 24.3 Å². The van der Waals surface area contributed by atoms with Crippen molar-refractivity contribution in [1.29, 1.82) is 0 Å². The Hall–Kier alpha value is -4.60. The van der Waals surface area contributed by atoms with E-state index in [0.29, 0.717) is 17.2 Å². The van der Waals surface area contributed by atoms with E-state index in [-0.39, 0.29) is 54.1 Å². The quantitative estimate of drug-likeness (QED) is 0.412. The first-order chi connectivity index (χ1) is 18.4. The van der Waals surface area contributed by atoms with Gasteiger partial charge in [0, 0.05) is 17.5 Å². The number of anilines is 1. The van der Waals surface area contributed by atoms with Gasteiger partial charge in [0.05, 0.1) is 38.3 Å². The molecule has 6 rings (SSSR count). The Morgan fingerprint density at radius 2 is 1.58 bits per heavy atom. The summed E-state index contributed by atoms with van der Waals surface area (Å²) in [5.74, 6) is -1.12. The van der Waals surface area contributed by atoms with Crippen LogP contribution in [0.3, 0.4) is 0 Å². The van der Waals surface area contributed by atoms with Crippen molar-refractivity contribution in [2.24, 2.45) is 11.8 Å². The van der Waals surface area contributed by atoms with Crippen molar-refractivity contribution >= 4 is 17.6 Å². The lowest BCUT2D eigenvalue weighted by molar-refractivity contribution is -0.141. The minimum atomic E-state index is -1.01. The van der Waals surface area contributed by atoms with Crippen molar-refractivity contribution < 1.29 is 43.5 Å². The molecule has 0 aromatic heterocycles. The van der Waals surface area contributed by atoms with Gasteiger partial charge < -0.3 is 39.2 Å². The van der Waals surface area contributed by atoms with Crippen LogP contribution in [0.2, 0.25) is 0 Å². The summed E-state index contributed by atoms with van der Waals surface area (Å²) in [6.45, 7) is 0.290. The smallest absolute Gasteiger partial charge is 0.335 e. The molecule has 3 aromatic carbocycles. The zero-order chi connectivity index (χ0) is 26.6. The van der Waals surface area contributed by atoms with Gasteiger partial charge in [0.1, 0.15) is 0 Å². The first-order valence-electron chi connectivity index (χ1n) is 12.0. The summed E-state index contributed by atoms with van der Waals surface area (Å²) in [6, 6.07) is 13.3. The molecule has 0 saturated carbocycles. The molecule has 1 fully saturated rings. The minimum absolute atomic E-state index is 0.0907. The first-order valence-corrected chi connectivity index (χ1v) is 12.0. The van der Waals surface area contributed by atoms with Gasteiger partial charge in [-0.25, -0.2) is 4.79 Å². The van der Waals surface area contributed by atoms with Gasteiger partial charge in [0.15, 0.2) is 23.0 Å². The number of phenolic OH excluding ortho intramolecular Hbond substituents is 1. The number of phenols is 1. The number of benzene rings is 3. The maximum absolute atomic E-state index is 13.2. The van der Waals surface area contributed by atoms with Gasteiger partial charge in [-0.3, -0.25) is 4.79 Å². The fourth-order valence-corrected chi connectivity index (χ4v) is 5.73. The minimum Gasteiger partial charge on any atom is -0.502 e. The molecule has 4 unspecified atom stereocenters. The van der Waals surface area contributed by atoms with Gasteiger partial charge >= 0.3 is 11.9 Å². The lowest BCUT2D eigenvalue weighted by Crippen LogP contribution is -2.37. The van der Waals surface area contributed by atoms with E-state index in [9.17, 15) is 19.8 Å². The van der Waals surface area contributed by atoms with Crippen LogP contribution in [-0.2, 0) is 9.53 Å². The fraction of sp³-hybridized carbons (Fsp3) is 0.286. The Morgan fingerprint density at radius 1 is 0.947 bits per heavy atom. The highest BCUT2D eigenvalue weighted by atomic mass is 16.7. The number of carboxylic acids is 1. The van der Waals surface area contributed by atoms with Crippen LogP contribution in [0, 0.1) is 11.8 Å². The second-order valence-corrected chi connectivity index (χ2v) is 9.41. The number of methoxy groups -OCH3 is 2. The summed E-state index contributed by atoms with van der Waals surface area (Å²) < 4.78 is 27.8. The second kappa shape index (κ2) is 9.05. The standard InChI is InChI=1S/C28H25NO9/c1-34-21-7-14(8-22(35-2)26(21)30)23-16-9-19-20(38-12-37-19)10-17(16)25(18-11-36-28(33)24(18)23)29-15-5-3-13(4-6-15)27(31)32/h3-10,18,23-25,29-30H,11-12H2,1-2H3,(H,31,32). The molecule has 0 spiro atoms. The summed E-state index contributed by atoms with van der Waals surface area (Å²) in [5.41, 5.74) is 3.33. The third kappa shape index (κ3) is 3.71. The lowest BCUT2D eigenvalue weighted by Gasteiger charge is -2.40. The van der Waals surface area contributed by atoms with Crippen LogP contribution >= 0.6 is 0 Å². The summed E-state index contributed by atoms with van der Waals surface area (Å²) in [7, 11) is 2.90. The second-order valence-electron chi connectivity index (χ2n) is 9.41. The fourth-order valence-electron chi connectivity index (χ4n) is 5.73. The van der Waals surface area contributed by atoms with Gasteiger partial charge in [-0.2, -0.15) is 0 Å². The Morgan fingerprint density at radius 3 is 2.18 bits per heavy atom. The summed E-state index contributed by atoms with van der Waals surface area (Å²) in [5, 5.41) is 23.3. The first kappa shape index (κ1) is 23.8. The zero-order valence-electron chi connectivity index (χ0n) is 20.6. The third-order valence-corrected chi connectivity index (χ3v) is 7.50. The molecule has 196 valence electrons. The van der Waals surface area contributed by atoms with Crippen molar-refractivity contribution in [3.63, 3.8) is 0 Å². The number of rotatable bonds is 6. The maximum atomic E-state index is 13.2. The molecule has 38 heavy (non-hydrogen) atoms. The van der Waals surface area contributed by atoms with E-state index >= 15 is 0 Å². The molecule has 0 bridgehead atoms. The van der Waals surface area contributed by atoms with Gasteiger partial charge in [-0.05, 0) is 65.2 Å². The van der Waals surface area contributed by atoms with Crippen molar-refractivity contribution in [2.75, 3.05) is 32.9 Å². The number of hydrogen-bond donors (Lipinski definition) is 3. The molecule has 2 aliphatic heterocycles. The van der Waals surface area contributed by atoms with Crippen LogP contribution in [0.25, 0.3) is 0 Å². The number of aromatic hydroxyl groups is 1. The number of nitrogens with one attached hydrogen (secondary N) is 1. The molecule has 3 aliphatic rings. The van der Waals surface area contributed by atoms with Crippen molar-refractivity contribution in [2.45, 2.75) is 12.0 Å². The summed E-state index contributed by atoms with van der Waals surface area (Å²) >= 11 is 0. The highest BCUT2D eigenvalue weighted by Gasteiger charge is 2.52. The molecule has 10 heteroatoms. The number of esters is 1. The highest BCUT2D eigenvalue weighted by Crippen LogP contribution is 2.56. The number of hydrogen-bond acceptors (Lipinski definition) is 9. The van der Waals surface area contributed by atoms with Crippen LogP contribution in [0.15, 0.2) is 48.5 Å². The van der Waals surface area contributed by atoms with Crippen molar-refractivity contribution in [1.82, 2.24) is 0 Å². The summed E-state index contributed by atoms with van der Waals surface area (Å²) in [6.07, 6.45) is 0. The van der Waals surface area contributed by atoms with Crippen LogP contribution in [0.4, 0.5) is 5.69 Å². The molecule has 1 saturated heterocycles. The van der Waals surface area contributed by atoms with Gasteiger partial charge in [-0.1, -0.05) is 0 Å². The molecule has 10 nitrogen and oxygen atoms in total. The number of carboxylic acid groups (broad SMARTS) is 1. The topological polar surface area (TPSA) is 133 Å². The van der Waals surface area contributed by atoms with E-state index in [2.05, 4.69) is 5.32 Å². The van der Waals surface area contributed by atoms with Gasteiger partial charge in [0.25, 0.3) is 0 Å². The van der Waals surface area contributed by atoms with Crippen molar-refractivity contribution in [3.05, 3.63) is 70.8 Å². The predicted octanol–water partition coefficient (Wildman–Crippen LogP) is 3.92. The van der Waals surface area contributed by atoms with E-state index in [1.165, 1.54) is 26.4 Å². The predicted molar refractivity (Wildman–Crippen MR) is 133 cm³/mol. The molecule has 3 N–H and O–H groups in total. The molecule has 0 amide bonds. The zero-order valence-corrected chi connectivity index (χ0v) is 20.6. The Kier molecular flexibility index (Phi) is 5.67. The third-order valence-electron chi connectivity index (χ3n) is 7.50. The van der Waals surface area contributed by atoms with E-state index in [4.69, 9.17) is 23.7 Å². The number of cyclic esters (lactones) is 1. The van der Waals surface area contributed by atoms with Gasteiger partial charge in [-0.15, -0.1) is 0 Å². The number of ether oxygens (including phenoxy) is 5. The molecule has 2 heterocycles. The normalized spacial score (nSPS) is 22.7. The number of carbonyl (C=O) groups excluding carboxylic acids is 1. The Balaban J connectivity index is 1.51. The average Bonchev–Trinajstić information content (AvgIpc) is 3.54. The Labute approximate surface area is 217 Å². The molecule has 3 aromatic rings. The highest BCUT2D eigenvalue weighted by molar-refractivity contribution is 5.88. The van der Waals surface area contributed by atoms with Crippen molar-refractivity contribution in [3.8, 4) is 28.7 Å². The van der Waals surface area contributed by atoms with Crippen LogP contribution in [0.5, 0.6) is 28.7 Å². The van der Waals surface area contributed by atoms with Gasteiger partial charge in [0.2, 0.25) is 12.5 Å². The SMILES string of the molecule is COc1cc(C2c3cc4c(cc3C(Nc3ccc(C(=O)O)cc3)C3COC(=O)C23)OCO4)cc(OC)c1O. The van der Waals surface area contributed by atoms with E-state index in [1.807, 2.05) is 12.1 Å². The Bertz CT molecular complexity index is 1410.